The second-order valence-electron chi connectivity index (χ2n) is 3.29. The molecule has 1 atom stereocenters. The van der Waals surface area contributed by atoms with Gasteiger partial charge in [-0.1, -0.05) is 18.2 Å². The number of carbonyl (C=O) groups is 1. The summed E-state index contributed by atoms with van der Waals surface area (Å²) in [5.41, 5.74) is 2.05. The Labute approximate surface area is 67.8 Å². The van der Waals surface area contributed by atoms with Crippen LogP contribution < -0.4 is 0 Å². The molecule has 1 rings (SSSR count). The molecule has 0 N–H and O–H groups in total. The van der Waals surface area contributed by atoms with Crippen LogP contribution >= 0.6 is 0 Å². The van der Waals surface area contributed by atoms with Crippen molar-refractivity contribution >= 4 is 5.78 Å². The van der Waals surface area contributed by atoms with Gasteiger partial charge in [-0.2, -0.15) is 0 Å². The van der Waals surface area contributed by atoms with E-state index in [1.807, 2.05) is 19.9 Å². The largest absolute Gasteiger partial charge is 0.295 e. The molecule has 1 aliphatic rings. The second kappa shape index (κ2) is 3.04. The van der Waals surface area contributed by atoms with Crippen molar-refractivity contribution in [3.63, 3.8) is 0 Å². The summed E-state index contributed by atoms with van der Waals surface area (Å²) in [7, 11) is 0. The SMILES string of the molecule is C=C(C)[C@H]1CC=C(C)C(=O)C1. The molecule has 0 bridgehead atoms. The fourth-order valence-electron chi connectivity index (χ4n) is 1.28. The van der Waals surface area contributed by atoms with Crippen LogP contribution in [0.3, 0.4) is 0 Å². The summed E-state index contributed by atoms with van der Waals surface area (Å²) in [6.45, 7) is 7.74. The van der Waals surface area contributed by atoms with E-state index in [2.05, 4.69) is 6.58 Å². The second-order valence-corrected chi connectivity index (χ2v) is 3.29. The molecular weight excluding hydrogens is 136 g/mol. The number of carbonyl (C=O) groups excluding carboxylic acids is 1. The van der Waals surface area contributed by atoms with Crippen molar-refractivity contribution in [2.45, 2.75) is 26.7 Å². The highest BCUT2D eigenvalue weighted by atomic mass is 16.1. The number of hydrogen-bond acceptors (Lipinski definition) is 1. The van der Waals surface area contributed by atoms with Gasteiger partial charge in [0.1, 0.15) is 0 Å². The van der Waals surface area contributed by atoms with Crippen molar-refractivity contribution in [1.82, 2.24) is 0 Å². The third-order valence-electron chi connectivity index (χ3n) is 2.28. The smallest absolute Gasteiger partial charge is 0.158 e. The van der Waals surface area contributed by atoms with Crippen LogP contribution in [-0.2, 0) is 4.79 Å². The van der Waals surface area contributed by atoms with E-state index in [0.717, 1.165) is 17.6 Å². The van der Waals surface area contributed by atoms with Crippen LogP contribution in [0.4, 0.5) is 0 Å². The van der Waals surface area contributed by atoms with E-state index in [9.17, 15) is 4.79 Å². The number of ketones is 1. The predicted octanol–water partition coefficient (Wildman–Crippen LogP) is 2.49. The predicted molar refractivity (Wildman–Crippen MR) is 46.3 cm³/mol. The molecule has 0 aliphatic heterocycles. The van der Waals surface area contributed by atoms with Crippen molar-refractivity contribution in [3.8, 4) is 0 Å². The van der Waals surface area contributed by atoms with E-state index in [1.165, 1.54) is 0 Å². The molecular formula is C10H14O. The van der Waals surface area contributed by atoms with Gasteiger partial charge in [0.2, 0.25) is 0 Å². The summed E-state index contributed by atoms with van der Waals surface area (Å²) in [6, 6.07) is 0. The van der Waals surface area contributed by atoms with Gasteiger partial charge in [-0.25, -0.2) is 0 Å². The summed E-state index contributed by atoms with van der Waals surface area (Å²) >= 11 is 0. The molecule has 0 aromatic rings. The van der Waals surface area contributed by atoms with Crippen LogP contribution in [0.1, 0.15) is 26.7 Å². The fourth-order valence-corrected chi connectivity index (χ4v) is 1.28. The molecule has 0 amide bonds. The first-order valence-electron chi connectivity index (χ1n) is 3.96. The third kappa shape index (κ3) is 1.79. The summed E-state index contributed by atoms with van der Waals surface area (Å²) in [5.74, 6) is 0.676. The van der Waals surface area contributed by atoms with Gasteiger partial charge in [0, 0.05) is 6.42 Å². The Morgan fingerprint density at radius 3 is 2.82 bits per heavy atom. The zero-order valence-corrected chi connectivity index (χ0v) is 7.18. The highest BCUT2D eigenvalue weighted by molar-refractivity contribution is 5.95. The normalized spacial score (nSPS) is 24.7. The van der Waals surface area contributed by atoms with E-state index >= 15 is 0 Å². The topological polar surface area (TPSA) is 17.1 Å². The van der Waals surface area contributed by atoms with Gasteiger partial charge in [-0.05, 0) is 31.8 Å². The zero-order valence-electron chi connectivity index (χ0n) is 7.18. The molecule has 60 valence electrons. The first-order valence-corrected chi connectivity index (χ1v) is 3.96. The molecule has 1 aliphatic carbocycles. The first kappa shape index (κ1) is 8.25. The average Bonchev–Trinajstić information content (AvgIpc) is 1.94. The minimum absolute atomic E-state index is 0.282. The maximum absolute atomic E-state index is 11.2. The van der Waals surface area contributed by atoms with E-state index < -0.39 is 0 Å². The Morgan fingerprint density at radius 2 is 2.36 bits per heavy atom. The lowest BCUT2D eigenvalue weighted by Gasteiger charge is -2.18. The van der Waals surface area contributed by atoms with E-state index in [4.69, 9.17) is 0 Å². The van der Waals surface area contributed by atoms with Crippen LogP contribution in [0.15, 0.2) is 23.8 Å². The Balaban J connectivity index is 2.70. The van der Waals surface area contributed by atoms with Gasteiger partial charge < -0.3 is 0 Å². The van der Waals surface area contributed by atoms with Crippen molar-refractivity contribution in [2.75, 3.05) is 0 Å². The summed E-state index contributed by atoms with van der Waals surface area (Å²) in [4.78, 5) is 11.2. The Bertz CT molecular complexity index is 223. The lowest BCUT2D eigenvalue weighted by atomic mass is 9.85. The van der Waals surface area contributed by atoms with Crippen LogP contribution in [-0.4, -0.2) is 5.78 Å². The van der Waals surface area contributed by atoms with Crippen LogP contribution in [0.5, 0.6) is 0 Å². The van der Waals surface area contributed by atoms with Crippen molar-refractivity contribution in [1.29, 1.82) is 0 Å². The maximum Gasteiger partial charge on any atom is 0.158 e. The molecule has 0 unspecified atom stereocenters. The number of allylic oxidation sites excluding steroid dienone is 3. The summed E-state index contributed by atoms with van der Waals surface area (Å²) in [6.07, 6.45) is 3.68. The third-order valence-corrected chi connectivity index (χ3v) is 2.28. The van der Waals surface area contributed by atoms with Gasteiger partial charge in [0.15, 0.2) is 5.78 Å². The molecule has 0 saturated carbocycles. The zero-order chi connectivity index (χ0) is 8.43. The quantitative estimate of drug-likeness (QED) is 0.525. The molecule has 0 fully saturated rings. The van der Waals surface area contributed by atoms with Crippen LogP contribution in [0.2, 0.25) is 0 Å². The lowest BCUT2D eigenvalue weighted by Crippen LogP contribution is -2.14. The molecule has 0 saturated heterocycles. The minimum Gasteiger partial charge on any atom is -0.295 e. The van der Waals surface area contributed by atoms with Crippen molar-refractivity contribution in [2.24, 2.45) is 5.92 Å². The fraction of sp³-hybridized carbons (Fsp3) is 0.500. The molecule has 0 radical (unpaired) electrons. The number of hydrogen-bond donors (Lipinski definition) is 0. The summed E-state index contributed by atoms with van der Waals surface area (Å²) < 4.78 is 0. The van der Waals surface area contributed by atoms with E-state index in [-0.39, 0.29) is 5.78 Å². The Kier molecular flexibility index (Phi) is 2.28. The Hall–Kier alpha value is -0.850. The maximum atomic E-state index is 11.2. The Morgan fingerprint density at radius 1 is 1.73 bits per heavy atom. The van der Waals surface area contributed by atoms with Crippen molar-refractivity contribution < 1.29 is 4.79 Å². The molecule has 0 heterocycles. The van der Waals surface area contributed by atoms with Crippen molar-refractivity contribution in [3.05, 3.63) is 23.8 Å². The molecule has 0 aromatic carbocycles. The molecule has 11 heavy (non-hydrogen) atoms. The van der Waals surface area contributed by atoms with Gasteiger partial charge in [-0.15, -0.1) is 0 Å². The number of rotatable bonds is 1. The minimum atomic E-state index is 0.282. The average molecular weight is 150 g/mol. The monoisotopic (exact) mass is 150 g/mol. The van der Waals surface area contributed by atoms with Crippen LogP contribution in [0.25, 0.3) is 0 Å². The van der Waals surface area contributed by atoms with E-state index in [1.54, 1.807) is 0 Å². The highest BCUT2D eigenvalue weighted by Gasteiger charge is 2.18. The van der Waals surface area contributed by atoms with Gasteiger partial charge in [0.05, 0.1) is 0 Å². The highest BCUT2D eigenvalue weighted by Crippen LogP contribution is 2.25. The number of Topliss-reactive ketones (excluding diaryl/α,β-unsaturated/α-hetero) is 1. The molecule has 1 heteroatoms. The van der Waals surface area contributed by atoms with Gasteiger partial charge in [0.25, 0.3) is 0 Å². The molecule has 0 spiro atoms. The van der Waals surface area contributed by atoms with Gasteiger partial charge >= 0.3 is 0 Å². The first-order chi connectivity index (χ1) is 5.11. The van der Waals surface area contributed by atoms with Crippen LogP contribution in [0, 0.1) is 5.92 Å². The molecule has 0 aromatic heterocycles. The van der Waals surface area contributed by atoms with E-state index in [0.29, 0.717) is 12.3 Å². The summed E-state index contributed by atoms with van der Waals surface area (Å²) in [5, 5.41) is 0. The molecule has 1 nitrogen and oxygen atoms in total. The standard InChI is InChI=1S/C10H14O/c1-7(2)9-5-4-8(3)10(11)6-9/h4,9H,1,5-6H2,2-3H3/t9-/m0/s1. The van der Waals surface area contributed by atoms with Gasteiger partial charge in [-0.3, -0.25) is 4.79 Å². The lowest BCUT2D eigenvalue weighted by molar-refractivity contribution is -0.116.